The quantitative estimate of drug-likeness (QED) is 0.611. The molecule has 0 aliphatic rings. The molecule has 0 bridgehead atoms. The summed E-state index contributed by atoms with van der Waals surface area (Å²) in [7, 11) is 0. The average molecular weight is 127 g/mol. The second kappa shape index (κ2) is 5.67. The Morgan fingerprint density at radius 1 is 1.33 bits per heavy atom. The molecule has 0 aromatic heterocycles. The molecule has 0 aromatic carbocycles. The van der Waals surface area contributed by atoms with Crippen LogP contribution in [0.1, 0.15) is 33.6 Å². The molecule has 54 valence electrons. The van der Waals surface area contributed by atoms with Gasteiger partial charge in [0.1, 0.15) is 0 Å². The van der Waals surface area contributed by atoms with Gasteiger partial charge in [-0.1, -0.05) is 19.9 Å². The fourth-order valence-electron chi connectivity index (χ4n) is 0.815. The van der Waals surface area contributed by atoms with Crippen molar-refractivity contribution in [2.75, 3.05) is 6.54 Å². The third-order valence-electron chi connectivity index (χ3n) is 1.24. The summed E-state index contributed by atoms with van der Waals surface area (Å²) in [4.78, 5) is 0. The van der Waals surface area contributed by atoms with Gasteiger partial charge < -0.3 is 5.32 Å². The molecule has 0 saturated carbocycles. The van der Waals surface area contributed by atoms with E-state index >= 15 is 0 Å². The highest BCUT2D eigenvalue weighted by Gasteiger charge is 1.86. The second-order valence-corrected chi connectivity index (χ2v) is 2.02. The molecule has 0 fully saturated rings. The summed E-state index contributed by atoms with van der Waals surface area (Å²) in [6, 6.07) is 0. The molecule has 0 saturated heterocycles. The average Bonchev–Trinajstić information content (AvgIpc) is 1.88. The molecule has 0 atom stereocenters. The molecule has 1 N–H and O–H groups in total. The smallest absolute Gasteiger partial charge is 0.0115 e. The van der Waals surface area contributed by atoms with Crippen molar-refractivity contribution in [3.8, 4) is 0 Å². The van der Waals surface area contributed by atoms with Crippen molar-refractivity contribution in [2.45, 2.75) is 33.6 Å². The molecule has 1 heteroatoms. The first kappa shape index (κ1) is 8.54. The Bertz CT molecular complexity index is 84.6. The van der Waals surface area contributed by atoms with Gasteiger partial charge in [-0.25, -0.2) is 0 Å². The maximum Gasteiger partial charge on any atom is 0.0115 e. The van der Waals surface area contributed by atoms with E-state index in [1.807, 2.05) is 0 Å². The van der Waals surface area contributed by atoms with Crippen LogP contribution in [0.25, 0.3) is 0 Å². The minimum Gasteiger partial charge on any atom is -0.389 e. The minimum absolute atomic E-state index is 1.04. The summed E-state index contributed by atoms with van der Waals surface area (Å²) in [6.07, 6.45) is 4.50. The van der Waals surface area contributed by atoms with E-state index in [1.165, 1.54) is 5.70 Å². The van der Waals surface area contributed by atoms with E-state index in [4.69, 9.17) is 0 Å². The van der Waals surface area contributed by atoms with Crippen LogP contribution in [0, 0.1) is 0 Å². The van der Waals surface area contributed by atoms with Gasteiger partial charge in [0.2, 0.25) is 0 Å². The van der Waals surface area contributed by atoms with Crippen LogP contribution in [0.2, 0.25) is 0 Å². The SMILES string of the molecule is CC/C=C(\CC)NCC. The fourth-order valence-corrected chi connectivity index (χ4v) is 0.815. The summed E-state index contributed by atoms with van der Waals surface area (Å²) in [5.41, 5.74) is 1.38. The lowest BCUT2D eigenvalue weighted by atomic mass is 10.3. The summed E-state index contributed by atoms with van der Waals surface area (Å²) in [5.74, 6) is 0. The molecule has 0 unspecified atom stereocenters. The first-order valence-corrected chi connectivity index (χ1v) is 3.78. The molecule has 0 aromatic rings. The van der Waals surface area contributed by atoms with Gasteiger partial charge in [-0.2, -0.15) is 0 Å². The highest BCUT2D eigenvalue weighted by molar-refractivity contribution is 4.97. The molecule has 0 aliphatic carbocycles. The van der Waals surface area contributed by atoms with Crippen molar-refractivity contribution < 1.29 is 0 Å². The van der Waals surface area contributed by atoms with Crippen LogP contribution in [0.15, 0.2) is 11.8 Å². The summed E-state index contributed by atoms with van der Waals surface area (Å²) in [6.45, 7) is 7.50. The number of nitrogens with one attached hydrogen (secondary N) is 1. The summed E-state index contributed by atoms with van der Waals surface area (Å²) >= 11 is 0. The lowest BCUT2D eigenvalue weighted by Gasteiger charge is -2.04. The largest absolute Gasteiger partial charge is 0.389 e. The van der Waals surface area contributed by atoms with Crippen molar-refractivity contribution in [3.63, 3.8) is 0 Å². The van der Waals surface area contributed by atoms with Crippen LogP contribution in [-0.2, 0) is 0 Å². The third-order valence-corrected chi connectivity index (χ3v) is 1.24. The van der Waals surface area contributed by atoms with Crippen LogP contribution >= 0.6 is 0 Å². The van der Waals surface area contributed by atoms with Crippen LogP contribution in [0.4, 0.5) is 0 Å². The van der Waals surface area contributed by atoms with Crippen molar-refractivity contribution in [1.82, 2.24) is 5.32 Å². The number of hydrogen-bond donors (Lipinski definition) is 1. The standard InChI is InChI=1S/C8H17N/c1-4-7-8(5-2)9-6-3/h7,9H,4-6H2,1-3H3/b8-7+. The molecule has 9 heavy (non-hydrogen) atoms. The van der Waals surface area contributed by atoms with Crippen molar-refractivity contribution in [2.24, 2.45) is 0 Å². The fraction of sp³-hybridized carbons (Fsp3) is 0.750. The van der Waals surface area contributed by atoms with E-state index in [0.29, 0.717) is 0 Å². The number of rotatable bonds is 4. The summed E-state index contributed by atoms with van der Waals surface area (Å²) in [5, 5.41) is 3.29. The van der Waals surface area contributed by atoms with Crippen LogP contribution in [0.3, 0.4) is 0 Å². The zero-order chi connectivity index (χ0) is 7.11. The minimum atomic E-state index is 1.04. The Morgan fingerprint density at radius 3 is 2.33 bits per heavy atom. The first-order chi connectivity index (χ1) is 4.35. The van der Waals surface area contributed by atoms with Gasteiger partial charge in [-0.3, -0.25) is 0 Å². The van der Waals surface area contributed by atoms with Crippen molar-refractivity contribution in [1.29, 1.82) is 0 Å². The molecule has 0 aliphatic heterocycles. The second-order valence-electron chi connectivity index (χ2n) is 2.02. The van der Waals surface area contributed by atoms with E-state index in [1.54, 1.807) is 0 Å². The van der Waals surface area contributed by atoms with Gasteiger partial charge in [0, 0.05) is 12.2 Å². The molecule has 0 spiro atoms. The van der Waals surface area contributed by atoms with Gasteiger partial charge in [0.15, 0.2) is 0 Å². The van der Waals surface area contributed by atoms with E-state index in [0.717, 1.165) is 19.4 Å². The zero-order valence-corrected chi connectivity index (χ0v) is 6.70. The van der Waals surface area contributed by atoms with Gasteiger partial charge in [0.25, 0.3) is 0 Å². The number of allylic oxidation sites excluding steroid dienone is 2. The normalized spacial score (nSPS) is 11.7. The Kier molecular flexibility index (Phi) is 5.38. The molecule has 0 rings (SSSR count). The van der Waals surface area contributed by atoms with Gasteiger partial charge in [-0.15, -0.1) is 0 Å². The molecule has 0 heterocycles. The molecular weight excluding hydrogens is 110 g/mol. The van der Waals surface area contributed by atoms with Crippen molar-refractivity contribution in [3.05, 3.63) is 11.8 Å². The molecule has 1 nitrogen and oxygen atoms in total. The Hall–Kier alpha value is -0.460. The first-order valence-electron chi connectivity index (χ1n) is 3.78. The maximum atomic E-state index is 3.29. The molecule has 0 radical (unpaired) electrons. The van der Waals surface area contributed by atoms with Crippen molar-refractivity contribution >= 4 is 0 Å². The van der Waals surface area contributed by atoms with E-state index < -0.39 is 0 Å². The van der Waals surface area contributed by atoms with E-state index in [9.17, 15) is 0 Å². The van der Waals surface area contributed by atoms with Crippen LogP contribution in [0.5, 0.6) is 0 Å². The topological polar surface area (TPSA) is 12.0 Å². The maximum absolute atomic E-state index is 3.29. The number of hydrogen-bond acceptors (Lipinski definition) is 1. The lowest BCUT2D eigenvalue weighted by molar-refractivity contribution is 0.798. The monoisotopic (exact) mass is 127 g/mol. The highest BCUT2D eigenvalue weighted by Crippen LogP contribution is 1.95. The Morgan fingerprint density at radius 2 is 2.00 bits per heavy atom. The lowest BCUT2D eigenvalue weighted by Crippen LogP contribution is -2.10. The predicted octanol–water partition coefficient (Wildman–Crippen LogP) is 2.30. The van der Waals surface area contributed by atoms with Gasteiger partial charge in [0.05, 0.1) is 0 Å². The highest BCUT2D eigenvalue weighted by atomic mass is 14.9. The van der Waals surface area contributed by atoms with Gasteiger partial charge in [-0.05, 0) is 19.8 Å². The Balaban J connectivity index is 3.53. The molecule has 0 amide bonds. The van der Waals surface area contributed by atoms with E-state index in [2.05, 4.69) is 32.2 Å². The third kappa shape index (κ3) is 4.07. The Labute approximate surface area is 58.2 Å². The predicted molar refractivity (Wildman–Crippen MR) is 42.3 cm³/mol. The zero-order valence-electron chi connectivity index (χ0n) is 6.70. The molecular formula is C8H17N. The van der Waals surface area contributed by atoms with Crippen LogP contribution < -0.4 is 5.32 Å². The van der Waals surface area contributed by atoms with E-state index in [-0.39, 0.29) is 0 Å². The summed E-state index contributed by atoms with van der Waals surface area (Å²) < 4.78 is 0. The van der Waals surface area contributed by atoms with Crippen LogP contribution in [-0.4, -0.2) is 6.54 Å². The van der Waals surface area contributed by atoms with Gasteiger partial charge >= 0.3 is 0 Å².